The van der Waals surface area contributed by atoms with E-state index >= 15 is 0 Å². The van der Waals surface area contributed by atoms with Crippen molar-refractivity contribution in [3.8, 4) is 0 Å². The quantitative estimate of drug-likeness (QED) is 0.323. The van der Waals surface area contributed by atoms with Crippen molar-refractivity contribution in [3.63, 3.8) is 0 Å². The summed E-state index contributed by atoms with van der Waals surface area (Å²) in [6.07, 6.45) is 2.66. The third-order valence-electron chi connectivity index (χ3n) is 5.39. The van der Waals surface area contributed by atoms with E-state index < -0.39 is 36.5 Å². The maximum absolute atomic E-state index is 12.4. The summed E-state index contributed by atoms with van der Waals surface area (Å²) >= 11 is 0. The summed E-state index contributed by atoms with van der Waals surface area (Å²) in [5, 5.41) is 27.0. The van der Waals surface area contributed by atoms with Crippen LogP contribution >= 0.6 is 0 Å². The van der Waals surface area contributed by atoms with Gasteiger partial charge in [0.2, 0.25) is 11.8 Å². The van der Waals surface area contributed by atoms with E-state index in [-0.39, 0.29) is 18.8 Å². The second-order valence-corrected chi connectivity index (χ2v) is 8.71. The van der Waals surface area contributed by atoms with Gasteiger partial charge < -0.3 is 26.2 Å². The van der Waals surface area contributed by atoms with Crippen LogP contribution in [0.2, 0.25) is 0 Å². The first kappa shape index (κ1) is 25.7. The van der Waals surface area contributed by atoms with Crippen molar-refractivity contribution in [3.05, 3.63) is 23.3 Å². The predicted octanol–water partition coefficient (Wildman–Crippen LogP) is 0.277. The van der Waals surface area contributed by atoms with Crippen LogP contribution in [0.4, 0.5) is 0 Å². The second-order valence-electron chi connectivity index (χ2n) is 8.71. The molecule has 0 aromatic carbocycles. The maximum Gasteiger partial charge on any atom is 0.326 e. The Morgan fingerprint density at radius 2 is 1.84 bits per heavy atom. The second kappa shape index (κ2) is 12.4. The molecule has 0 aliphatic carbocycles. The van der Waals surface area contributed by atoms with E-state index in [1.54, 1.807) is 0 Å². The van der Waals surface area contributed by atoms with Crippen LogP contribution in [0.15, 0.2) is 6.07 Å². The summed E-state index contributed by atoms with van der Waals surface area (Å²) in [4.78, 5) is 45.3. The zero-order valence-electron chi connectivity index (χ0n) is 19.1. The zero-order valence-corrected chi connectivity index (χ0v) is 19.1. The first-order chi connectivity index (χ1) is 15.2. The van der Waals surface area contributed by atoms with Gasteiger partial charge in [0.15, 0.2) is 0 Å². The highest BCUT2D eigenvalue weighted by Crippen LogP contribution is 2.22. The Morgan fingerprint density at radius 3 is 2.44 bits per heavy atom. The first-order valence-electron chi connectivity index (χ1n) is 11.2. The lowest BCUT2D eigenvalue weighted by Crippen LogP contribution is -2.53. The lowest BCUT2D eigenvalue weighted by Gasteiger charge is -2.22. The summed E-state index contributed by atoms with van der Waals surface area (Å²) in [7, 11) is 0. The molecule has 2 heterocycles. The monoisotopic (exact) mass is 449 g/mol. The van der Waals surface area contributed by atoms with E-state index in [4.69, 9.17) is 0 Å². The standard InChI is InChI=1S/C22H35N5O5/c1-13(2)10-17(22(31)32)27-21(30)18(12-28)26-19(29)5-4-16-11-14(3)24-20(25-16)15-6-8-23-9-7-15/h11,13,15,17-18,23,28H,4-10,12H2,1-3H3,(H,26,29)(H,27,30)(H,31,32)/t17-,18-/m0/s1. The number of carbonyl (C=O) groups is 3. The van der Waals surface area contributed by atoms with Gasteiger partial charge in [-0.3, -0.25) is 9.59 Å². The van der Waals surface area contributed by atoms with Crippen LogP contribution < -0.4 is 16.0 Å². The van der Waals surface area contributed by atoms with Crippen LogP contribution in [0.1, 0.15) is 62.7 Å². The Kier molecular flexibility index (Phi) is 9.98. The molecule has 1 aliphatic rings. The highest BCUT2D eigenvalue weighted by molar-refractivity contribution is 5.90. The fraction of sp³-hybridized carbons (Fsp3) is 0.682. The molecule has 5 N–H and O–H groups in total. The Labute approximate surface area is 188 Å². The molecule has 0 spiro atoms. The fourth-order valence-corrected chi connectivity index (χ4v) is 3.72. The van der Waals surface area contributed by atoms with Gasteiger partial charge in [-0.2, -0.15) is 0 Å². The number of hydrogen-bond donors (Lipinski definition) is 5. The van der Waals surface area contributed by atoms with Crippen molar-refractivity contribution in [1.29, 1.82) is 0 Å². The van der Waals surface area contributed by atoms with Crippen LogP contribution in [-0.4, -0.2) is 69.7 Å². The summed E-state index contributed by atoms with van der Waals surface area (Å²) < 4.78 is 0. The van der Waals surface area contributed by atoms with Gasteiger partial charge in [0.25, 0.3) is 0 Å². The minimum absolute atomic E-state index is 0.0599. The number of hydrogen-bond acceptors (Lipinski definition) is 7. The van der Waals surface area contributed by atoms with Gasteiger partial charge in [0, 0.05) is 23.7 Å². The summed E-state index contributed by atoms with van der Waals surface area (Å²) in [6.45, 7) is 6.84. The van der Waals surface area contributed by atoms with Gasteiger partial charge in [-0.1, -0.05) is 13.8 Å². The SMILES string of the molecule is Cc1cc(CCC(=O)N[C@@H](CO)C(=O)N[C@@H](CC(C)C)C(=O)O)nc(C2CCNCC2)n1. The van der Waals surface area contributed by atoms with Crippen molar-refractivity contribution in [2.45, 2.75) is 70.9 Å². The van der Waals surface area contributed by atoms with Crippen LogP contribution in [-0.2, 0) is 20.8 Å². The normalized spacial score (nSPS) is 16.4. The van der Waals surface area contributed by atoms with Gasteiger partial charge >= 0.3 is 5.97 Å². The van der Waals surface area contributed by atoms with Gasteiger partial charge in [0.05, 0.1) is 6.61 Å². The van der Waals surface area contributed by atoms with E-state index in [0.29, 0.717) is 12.3 Å². The lowest BCUT2D eigenvalue weighted by atomic mass is 9.97. The minimum Gasteiger partial charge on any atom is -0.480 e. The fourth-order valence-electron chi connectivity index (χ4n) is 3.72. The molecule has 1 aromatic rings. The molecular formula is C22H35N5O5. The number of carbonyl (C=O) groups excluding carboxylic acids is 2. The molecule has 2 atom stereocenters. The van der Waals surface area contributed by atoms with Crippen molar-refractivity contribution < 1.29 is 24.6 Å². The molecule has 32 heavy (non-hydrogen) atoms. The molecule has 10 heteroatoms. The molecule has 0 unspecified atom stereocenters. The Bertz CT molecular complexity index is 795. The lowest BCUT2D eigenvalue weighted by molar-refractivity contribution is -0.143. The van der Waals surface area contributed by atoms with Crippen LogP contribution in [0, 0.1) is 12.8 Å². The third kappa shape index (κ3) is 8.16. The number of aliphatic hydroxyl groups excluding tert-OH is 1. The highest BCUT2D eigenvalue weighted by atomic mass is 16.4. The van der Waals surface area contributed by atoms with Crippen molar-refractivity contribution in [2.75, 3.05) is 19.7 Å². The molecule has 178 valence electrons. The summed E-state index contributed by atoms with van der Waals surface area (Å²) in [5.74, 6) is -1.13. The Balaban J connectivity index is 1.92. The number of aliphatic carboxylic acids is 1. The van der Waals surface area contributed by atoms with Crippen LogP contribution in [0.5, 0.6) is 0 Å². The largest absolute Gasteiger partial charge is 0.480 e. The van der Waals surface area contributed by atoms with Gasteiger partial charge in [-0.25, -0.2) is 14.8 Å². The highest BCUT2D eigenvalue weighted by Gasteiger charge is 2.26. The van der Waals surface area contributed by atoms with Crippen molar-refractivity contribution in [2.24, 2.45) is 5.92 Å². The molecule has 2 rings (SSSR count). The third-order valence-corrected chi connectivity index (χ3v) is 5.39. The molecule has 1 aliphatic heterocycles. The molecule has 10 nitrogen and oxygen atoms in total. The number of nitrogens with zero attached hydrogens (tertiary/aromatic N) is 2. The number of nitrogens with one attached hydrogen (secondary N) is 3. The molecule has 1 saturated heterocycles. The average molecular weight is 450 g/mol. The number of piperidine rings is 1. The molecule has 1 fully saturated rings. The summed E-state index contributed by atoms with van der Waals surface area (Å²) in [6, 6.07) is -0.447. The number of carboxylic acids is 1. The van der Waals surface area contributed by atoms with E-state index in [0.717, 1.165) is 43.1 Å². The number of amides is 2. The number of rotatable bonds is 11. The number of aromatic nitrogens is 2. The van der Waals surface area contributed by atoms with Gasteiger partial charge in [-0.15, -0.1) is 0 Å². The van der Waals surface area contributed by atoms with Crippen LogP contribution in [0.3, 0.4) is 0 Å². The minimum atomic E-state index is -1.21. The molecule has 2 amide bonds. The molecule has 0 bridgehead atoms. The van der Waals surface area contributed by atoms with Crippen molar-refractivity contribution >= 4 is 17.8 Å². The van der Waals surface area contributed by atoms with Gasteiger partial charge in [0.1, 0.15) is 17.9 Å². The number of aliphatic hydroxyl groups is 1. The summed E-state index contributed by atoms with van der Waals surface area (Å²) in [5.41, 5.74) is 1.61. The first-order valence-corrected chi connectivity index (χ1v) is 11.2. The smallest absolute Gasteiger partial charge is 0.326 e. The van der Waals surface area contributed by atoms with E-state index in [2.05, 4.69) is 25.9 Å². The van der Waals surface area contributed by atoms with E-state index in [1.807, 2.05) is 26.8 Å². The van der Waals surface area contributed by atoms with Gasteiger partial charge in [-0.05, 0) is 57.7 Å². The molecular weight excluding hydrogens is 414 g/mol. The topological polar surface area (TPSA) is 154 Å². The molecule has 0 radical (unpaired) electrons. The average Bonchev–Trinajstić information content (AvgIpc) is 2.75. The molecule has 0 saturated carbocycles. The van der Waals surface area contributed by atoms with E-state index in [1.165, 1.54) is 0 Å². The van der Waals surface area contributed by atoms with Crippen molar-refractivity contribution in [1.82, 2.24) is 25.9 Å². The van der Waals surface area contributed by atoms with Crippen LogP contribution in [0.25, 0.3) is 0 Å². The number of aryl methyl sites for hydroxylation is 2. The number of carboxylic acid groups (broad SMARTS) is 1. The molecule has 1 aromatic heterocycles. The maximum atomic E-state index is 12.4. The Hall–Kier alpha value is -2.59. The Morgan fingerprint density at radius 1 is 1.16 bits per heavy atom. The van der Waals surface area contributed by atoms with E-state index in [9.17, 15) is 24.6 Å². The zero-order chi connectivity index (χ0) is 23.7. The predicted molar refractivity (Wildman–Crippen MR) is 118 cm³/mol.